The second-order valence-electron chi connectivity index (χ2n) is 2.66. The van der Waals surface area contributed by atoms with Crippen molar-refractivity contribution in [3.05, 3.63) is 35.2 Å². The quantitative estimate of drug-likeness (QED) is 0.699. The molecule has 0 saturated carbocycles. The maximum Gasteiger partial charge on any atom is 0.317 e. The van der Waals surface area contributed by atoms with E-state index in [1.807, 2.05) is 29.6 Å². The Morgan fingerprint density at radius 1 is 1.25 bits per heavy atom. The zero-order valence-corrected chi connectivity index (χ0v) is 10.9. The zero-order valence-electron chi connectivity index (χ0n) is 7.72. The van der Waals surface area contributed by atoms with Crippen molar-refractivity contribution in [2.24, 2.45) is 0 Å². The molecule has 16 heavy (non-hydrogen) atoms. The molecule has 0 fully saturated rings. The second-order valence-corrected chi connectivity index (χ2v) is 7.28. The molecule has 84 valence electrons. The molecule has 1 heterocycles. The van der Waals surface area contributed by atoms with Crippen molar-refractivity contribution in [1.29, 1.82) is 5.26 Å². The molecule has 1 aromatic heterocycles. The molecule has 0 aliphatic rings. The van der Waals surface area contributed by atoms with Gasteiger partial charge in [0.15, 0.2) is 0 Å². The maximum absolute atomic E-state index is 9.16. The van der Waals surface area contributed by atoms with Crippen molar-refractivity contribution < 1.29 is 8.42 Å². The molecular weight excluding hydrogens is 289 g/mol. The minimum Gasteiger partial charge on any atom is -0.195 e. The van der Waals surface area contributed by atoms with Gasteiger partial charge in [0.2, 0.25) is 0 Å². The maximum atomic E-state index is 9.16. The third-order valence-electron chi connectivity index (χ3n) is 1.58. The molecular formula is C9H5Cl2NO2S2. The van der Waals surface area contributed by atoms with Gasteiger partial charge in [-0.25, -0.2) is 0 Å². The van der Waals surface area contributed by atoms with E-state index in [-0.39, 0.29) is 0 Å². The topological polar surface area (TPSA) is 57.9 Å². The van der Waals surface area contributed by atoms with Crippen LogP contribution in [0.2, 0.25) is 0 Å². The van der Waals surface area contributed by atoms with Crippen molar-refractivity contribution in [1.82, 2.24) is 0 Å². The van der Waals surface area contributed by atoms with Gasteiger partial charge in [0.25, 0.3) is 0 Å². The van der Waals surface area contributed by atoms with Crippen molar-refractivity contribution in [2.75, 3.05) is 0 Å². The Morgan fingerprint density at radius 3 is 2.44 bits per heavy atom. The van der Waals surface area contributed by atoms with Crippen molar-refractivity contribution in [3.8, 4) is 6.07 Å². The number of fused-ring (bicyclic) bond motifs is 1. The summed E-state index contributed by atoms with van der Waals surface area (Å²) in [7, 11) is 4.81. The summed E-state index contributed by atoms with van der Waals surface area (Å²) in [6.45, 7) is 0. The Balaban J connectivity index is 0.000000221. The van der Waals surface area contributed by atoms with E-state index < -0.39 is 8.26 Å². The van der Waals surface area contributed by atoms with Gasteiger partial charge in [-0.1, -0.05) is 0 Å². The predicted molar refractivity (Wildman–Crippen MR) is 67.2 cm³/mol. The number of nitrogens with zero attached hydrogens (tertiary/aromatic N) is 1. The van der Waals surface area contributed by atoms with Gasteiger partial charge in [-0.15, -0.1) is 11.3 Å². The molecule has 0 aliphatic carbocycles. The van der Waals surface area contributed by atoms with Crippen LogP contribution in [0.5, 0.6) is 0 Å². The van der Waals surface area contributed by atoms with E-state index in [1.54, 1.807) is 11.3 Å². The molecule has 3 nitrogen and oxygen atoms in total. The van der Waals surface area contributed by atoms with Crippen LogP contribution in [0.15, 0.2) is 29.6 Å². The summed E-state index contributed by atoms with van der Waals surface area (Å²) in [6, 6.07) is 9.88. The molecule has 0 atom stereocenters. The van der Waals surface area contributed by atoms with E-state index in [4.69, 9.17) is 13.7 Å². The first-order valence-corrected chi connectivity index (χ1v) is 7.93. The molecule has 7 heteroatoms. The molecule has 0 saturated heterocycles. The van der Waals surface area contributed by atoms with Gasteiger partial charge < -0.3 is 0 Å². The molecule has 1 aromatic carbocycles. The number of halogens is 2. The Labute approximate surface area is 106 Å². The van der Waals surface area contributed by atoms with Gasteiger partial charge in [0.05, 0.1) is 11.6 Å². The summed E-state index contributed by atoms with van der Waals surface area (Å²) in [5, 5.41) is 11.8. The third-order valence-corrected chi connectivity index (χ3v) is 2.48. The number of thiophene rings is 1. The summed E-state index contributed by atoms with van der Waals surface area (Å²) in [5.41, 5.74) is 0.732. The lowest BCUT2D eigenvalue weighted by molar-refractivity contribution is 0.621. The summed E-state index contributed by atoms with van der Waals surface area (Å²) in [6.07, 6.45) is 0. The molecule has 0 N–H and O–H groups in total. The number of rotatable bonds is 0. The van der Waals surface area contributed by atoms with E-state index in [2.05, 4.69) is 27.4 Å². The van der Waals surface area contributed by atoms with E-state index >= 15 is 0 Å². The highest BCUT2D eigenvalue weighted by Gasteiger charge is 1.94. The fourth-order valence-electron chi connectivity index (χ4n) is 1.04. The molecule has 2 rings (SSSR count). The van der Waals surface area contributed by atoms with Crippen LogP contribution in [0.3, 0.4) is 0 Å². The minimum absolute atomic E-state index is 0.732. The predicted octanol–water partition coefficient (Wildman–Crippen LogP) is 3.48. The first-order chi connectivity index (χ1) is 7.40. The SMILES string of the molecule is N#Cc1ccc2sccc2c1.O=S(=O)(Cl)Cl. The second kappa shape index (κ2) is 5.51. The van der Waals surface area contributed by atoms with Crippen LogP contribution in [-0.2, 0) is 8.26 Å². The number of hydrogen-bond donors (Lipinski definition) is 0. The average molecular weight is 294 g/mol. The normalized spacial score (nSPS) is 10.3. The van der Waals surface area contributed by atoms with Gasteiger partial charge in [-0.05, 0) is 35.0 Å². The lowest BCUT2D eigenvalue weighted by atomic mass is 10.2. The van der Waals surface area contributed by atoms with Crippen LogP contribution in [0.1, 0.15) is 5.56 Å². The van der Waals surface area contributed by atoms with Crippen LogP contribution in [-0.4, -0.2) is 8.42 Å². The summed E-state index contributed by atoms with van der Waals surface area (Å²) in [4.78, 5) is 0. The van der Waals surface area contributed by atoms with E-state index in [1.165, 1.54) is 4.70 Å². The Kier molecular flexibility index (Phi) is 4.56. The lowest BCUT2D eigenvalue weighted by Gasteiger charge is -1.87. The van der Waals surface area contributed by atoms with Crippen LogP contribution in [0.25, 0.3) is 10.1 Å². The molecule has 0 radical (unpaired) electrons. The molecule has 2 aromatic rings. The molecule has 0 unspecified atom stereocenters. The van der Waals surface area contributed by atoms with Gasteiger partial charge >= 0.3 is 8.26 Å². The molecule has 0 bridgehead atoms. The lowest BCUT2D eigenvalue weighted by Crippen LogP contribution is -1.69. The van der Waals surface area contributed by atoms with Crippen molar-refractivity contribution in [3.63, 3.8) is 0 Å². The minimum atomic E-state index is -3.72. The monoisotopic (exact) mass is 293 g/mol. The smallest absolute Gasteiger partial charge is 0.195 e. The van der Waals surface area contributed by atoms with Crippen LogP contribution in [0, 0.1) is 11.3 Å². The van der Waals surface area contributed by atoms with Crippen LogP contribution < -0.4 is 0 Å². The standard InChI is InChI=1S/C9H5NS.Cl2O2S/c10-6-7-1-2-9-8(5-7)3-4-11-9;1-5(2,3)4/h1-5H;. The van der Waals surface area contributed by atoms with Crippen LogP contribution in [0.4, 0.5) is 0 Å². The third kappa shape index (κ3) is 4.81. The molecule has 0 aliphatic heterocycles. The Bertz CT molecular complexity index is 620. The van der Waals surface area contributed by atoms with Crippen molar-refractivity contribution in [2.45, 2.75) is 0 Å². The number of nitriles is 1. The first kappa shape index (κ1) is 13.3. The number of hydrogen-bond acceptors (Lipinski definition) is 4. The average Bonchev–Trinajstić information content (AvgIpc) is 2.61. The highest BCUT2D eigenvalue weighted by atomic mass is 36.0. The van der Waals surface area contributed by atoms with Gasteiger partial charge in [-0.2, -0.15) is 13.7 Å². The van der Waals surface area contributed by atoms with E-state index in [0.717, 1.165) is 10.9 Å². The van der Waals surface area contributed by atoms with Gasteiger partial charge in [0.1, 0.15) is 0 Å². The van der Waals surface area contributed by atoms with Crippen LogP contribution >= 0.6 is 32.7 Å². The fraction of sp³-hybridized carbons (Fsp3) is 0. The Morgan fingerprint density at radius 2 is 1.88 bits per heavy atom. The summed E-state index contributed by atoms with van der Waals surface area (Å²) in [5.74, 6) is 0. The highest BCUT2D eigenvalue weighted by molar-refractivity contribution is 8.31. The molecule has 0 amide bonds. The largest absolute Gasteiger partial charge is 0.317 e. The highest BCUT2D eigenvalue weighted by Crippen LogP contribution is 2.21. The number of benzene rings is 1. The molecule has 0 spiro atoms. The zero-order chi connectivity index (χ0) is 12.2. The van der Waals surface area contributed by atoms with E-state index in [9.17, 15) is 0 Å². The van der Waals surface area contributed by atoms with Crippen molar-refractivity contribution >= 4 is 51.1 Å². The summed E-state index contributed by atoms with van der Waals surface area (Å²) >= 11 is 1.70. The fourth-order valence-corrected chi connectivity index (χ4v) is 1.81. The first-order valence-electron chi connectivity index (χ1n) is 3.92. The summed E-state index contributed by atoms with van der Waals surface area (Å²) < 4.78 is 19.6. The van der Waals surface area contributed by atoms with Gasteiger partial charge in [-0.3, -0.25) is 0 Å². The van der Waals surface area contributed by atoms with Gasteiger partial charge in [0, 0.05) is 26.1 Å². The van der Waals surface area contributed by atoms with E-state index in [0.29, 0.717) is 0 Å². The Hall–Kier alpha value is -0.800.